The highest BCUT2D eigenvalue weighted by molar-refractivity contribution is 5.51. The highest BCUT2D eigenvalue weighted by Crippen LogP contribution is 2.48. The van der Waals surface area contributed by atoms with Gasteiger partial charge in [0.05, 0.1) is 6.61 Å². The smallest absolute Gasteiger partial charge is 0.420 e. The molecular weight excluding hydrogens is 266 g/mol. The first-order valence-electron chi connectivity index (χ1n) is 4.72. The first-order chi connectivity index (χ1) is 8.09. The van der Waals surface area contributed by atoms with Gasteiger partial charge >= 0.3 is 12.4 Å². The minimum absolute atomic E-state index is 0.231. The van der Waals surface area contributed by atoms with E-state index in [2.05, 4.69) is 4.74 Å². The van der Waals surface area contributed by atoms with Gasteiger partial charge in [0.2, 0.25) is 0 Å². The van der Waals surface area contributed by atoms with Crippen molar-refractivity contribution >= 4 is 0 Å². The molecule has 1 aromatic rings. The summed E-state index contributed by atoms with van der Waals surface area (Å²) < 4.78 is 80.1. The number of phenolic OH excluding ortho intramolecular Hbond substituents is 1. The summed E-state index contributed by atoms with van der Waals surface area (Å²) in [5.41, 5.74) is -4.15. The van der Waals surface area contributed by atoms with E-state index in [0.717, 1.165) is 0 Å². The molecule has 1 aromatic carbocycles. The largest absolute Gasteiger partial charge is 0.507 e. The van der Waals surface area contributed by atoms with Crippen LogP contribution >= 0.6 is 0 Å². The van der Waals surface area contributed by atoms with Crippen LogP contribution in [0, 0.1) is 0 Å². The second-order valence-electron chi connectivity index (χ2n) is 3.26. The quantitative estimate of drug-likeness (QED) is 0.830. The lowest BCUT2D eigenvalue weighted by atomic mass is 10.0. The van der Waals surface area contributed by atoms with Crippen LogP contribution in [0.5, 0.6) is 11.5 Å². The molecular formula is C10H8F6O2. The maximum Gasteiger partial charge on any atom is 0.420 e. The second-order valence-corrected chi connectivity index (χ2v) is 3.26. The van der Waals surface area contributed by atoms with Gasteiger partial charge in [-0.3, -0.25) is 0 Å². The maximum absolute atomic E-state index is 12.7. The van der Waals surface area contributed by atoms with E-state index in [-0.39, 0.29) is 6.61 Å². The monoisotopic (exact) mass is 274 g/mol. The van der Waals surface area contributed by atoms with Crippen molar-refractivity contribution in [3.63, 3.8) is 0 Å². The summed E-state index contributed by atoms with van der Waals surface area (Å²) in [5.74, 6) is -2.45. The molecule has 0 amide bonds. The van der Waals surface area contributed by atoms with Crippen molar-refractivity contribution in [2.24, 2.45) is 0 Å². The average molecular weight is 274 g/mol. The molecule has 0 saturated heterocycles. The first-order valence-corrected chi connectivity index (χ1v) is 4.72. The highest BCUT2D eigenvalue weighted by Gasteiger charge is 2.47. The fourth-order valence-electron chi connectivity index (χ4n) is 1.42. The van der Waals surface area contributed by atoms with Crippen molar-refractivity contribution in [3.8, 4) is 11.5 Å². The van der Waals surface area contributed by atoms with E-state index in [0.29, 0.717) is 12.1 Å². The Balaban J connectivity index is 3.62. The third-order valence-electron chi connectivity index (χ3n) is 2.01. The lowest BCUT2D eigenvalue weighted by Crippen LogP contribution is -2.18. The summed E-state index contributed by atoms with van der Waals surface area (Å²) in [6.45, 7) is 1.10. The number of rotatable bonds is 2. The molecule has 8 heteroatoms. The lowest BCUT2D eigenvalue weighted by molar-refractivity contribution is -0.163. The molecule has 0 saturated carbocycles. The normalized spacial score (nSPS) is 12.6. The van der Waals surface area contributed by atoms with Crippen LogP contribution in [0.15, 0.2) is 12.1 Å². The Hall–Kier alpha value is -1.60. The van der Waals surface area contributed by atoms with Gasteiger partial charge in [0.1, 0.15) is 22.6 Å². The summed E-state index contributed by atoms with van der Waals surface area (Å²) in [6, 6.07) is 1.17. The van der Waals surface area contributed by atoms with E-state index in [1.165, 1.54) is 6.92 Å². The third kappa shape index (κ3) is 2.80. The molecule has 1 rings (SSSR count). The highest BCUT2D eigenvalue weighted by atomic mass is 19.4. The number of phenols is 1. The summed E-state index contributed by atoms with van der Waals surface area (Å²) in [4.78, 5) is 0. The van der Waals surface area contributed by atoms with Gasteiger partial charge in [0.15, 0.2) is 0 Å². The van der Waals surface area contributed by atoms with Gasteiger partial charge in [-0.15, -0.1) is 0 Å². The molecule has 0 spiro atoms. The standard InChI is InChI=1S/C10H8F6O2/c1-2-18-6-4-3-5(17)7(9(11,12)13)8(6)10(14,15)16/h3-4,17H,2H2,1H3. The van der Waals surface area contributed by atoms with E-state index in [9.17, 15) is 26.3 Å². The van der Waals surface area contributed by atoms with E-state index >= 15 is 0 Å². The van der Waals surface area contributed by atoms with Gasteiger partial charge in [0, 0.05) is 0 Å². The van der Waals surface area contributed by atoms with Crippen LogP contribution in [0.25, 0.3) is 0 Å². The predicted molar refractivity (Wildman–Crippen MR) is 49.3 cm³/mol. The first kappa shape index (κ1) is 14.5. The molecule has 1 N–H and O–H groups in total. The number of aromatic hydroxyl groups is 1. The molecule has 0 aliphatic heterocycles. The van der Waals surface area contributed by atoms with Crippen molar-refractivity contribution in [2.75, 3.05) is 6.61 Å². The number of alkyl halides is 6. The number of ether oxygens (including phenoxy) is 1. The molecule has 0 atom stereocenters. The maximum atomic E-state index is 12.7. The molecule has 0 unspecified atom stereocenters. The molecule has 0 aliphatic rings. The molecule has 102 valence electrons. The van der Waals surface area contributed by atoms with E-state index < -0.39 is 35.0 Å². The number of hydrogen-bond acceptors (Lipinski definition) is 2. The third-order valence-corrected chi connectivity index (χ3v) is 2.01. The van der Waals surface area contributed by atoms with Crippen LogP contribution in [0.2, 0.25) is 0 Å². The van der Waals surface area contributed by atoms with Gasteiger partial charge in [-0.2, -0.15) is 26.3 Å². The lowest BCUT2D eigenvalue weighted by Gasteiger charge is -2.19. The Labute approximate surface area is 97.8 Å². The summed E-state index contributed by atoms with van der Waals surface area (Å²) in [5, 5.41) is 9.01. The Morgan fingerprint density at radius 2 is 1.50 bits per heavy atom. The van der Waals surface area contributed by atoms with E-state index in [1.54, 1.807) is 0 Å². The van der Waals surface area contributed by atoms with E-state index in [1.807, 2.05) is 0 Å². The SMILES string of the molecule is CCOc1ccc(O)c(C(F)(F)F)c1C(F)(F)F. The zero-order valence-corrected chi connectivity index (χ0v) is 8.99. The van der Waals surface area contributed by atoms with Gasteiger partial charge < -0.3 is 9.84 Å². The van der Waals surface area contributed by atoms with Gasteiger partial charge in [0.25, 0.3) is 0 Å². The zero-order chi connectivity index (χ0) is 14.1. The fraction of sp³-hybridized carbons (Fsp3) is 0.400. The minimum atomic E-state index is -5.33. The molecule has 2 nitrogen and oxygen atoms in total. The summed E-state index contributed by atoms with van der Waals surface area (Å²) in [7, 11) is 0. The van der Waals surface area contributed by atoms with Crippen LogP contribution in [0.3, 0.4) is 0 Å². The average Bonchev–Trinajstić information content (AvgIpc) is 2.17. The summed E-state index contributed by atoms with van der Waals surface area (Å²) >= 11 is 0. The molecule has 0 aliphatic carbocycles. The van der Waals surface area contributed by atoms with Crippen molar-refractivity contribution in [1.29, 1.82) is 0 Å². The van der Waals surface area contributed by atoms with Gasteiger partial charge in [-0.05, 0) is 19.1 Å². The second kappa shape index (κ2) is 4.58. The minimum Gasteiger partial charge on any atom is -0.507 e. The molecule has 0 radical (unpaired) electrons. The Bertz CT molecular complexity index is 435. The Morgan fingerprint density at radius 3 is 1.89 bits per heavy atom. The zero-order valence-electron chi connectivity index (χ0n) is 8.99. The van der Waals surface area contributed by atoms with Crippen LogP contribution < -0.4 is 4.74 Å². The molecule has 0 fully saturated rings. The number of hydrogen-bond donors (Lipinski definition) is 1. The van der Waals surface area contributed by atoms with Gasteiger partial charge in [-0.1, -0.05) is 0 Å². The van der Waals surface area contributed by atoms with Crippen LogP contribution in [-0.4, -0.2) is 11.7 Å². The van der Waals surface area contributed by atoms with Crippen molar-refractivity contribution in [3.05, 3.63) is 23.3 Å². The van der Waals surface area contributed by atoms with Crippen LogP contribution in [-0.2, 0) is 12.4 Å². The summed E-state index contributed by atoms with van der Waals surface area (Å²) in [6.07, 6.45) is -10.6. The van der Waals surface area contributed by atoms with Crippen LogP contribution in [0.1, 0.15) is 18.1 Å². The molecule has 0 bridgehead atoms. The Morgan fingerprint density at radius 1 is 1.00 bits per heavy atom. The number of benzene rings is 1. The molecule has 0 heterocycles. The fourth-order valence-corrected chi connectivity index (χ4v) is 1.42. The van der Waals surface area contributed by atoms with Crippen molar-refractivity contribution in [2.45, 2.75) is 19.3 Å². The molecule has 18 heavy (non-hydrogen) atoms. The van der Waals surface area contributed by atoms with Crippen molar-refractivity contribution < 1.29 is 36.2 Å². The van der Waals surface area contributed by atoms with E-state index in [4.69, 9.17) is 5.11 Å². The number of halogens is 6. The predicted octanol–water partition coefficient (Wildman–Crippen LogP) is 3.83. The topological polar surface area (TPSA) is 29.5 Å². The molecule has 0 aromatic heterocycles. The Kier molecular flexibility index (Phi) is 3.68. The van der Waals surface area contributed by atoms with Gasteiger partial charge in [-0.25, -0.2) is 0 Å². The van der Waals surface area contributed by atoms with Crippen LogP contribution in [0.4, 0.5) is 26.3 Å². The van der Waals surface area contributed by atoms with Crippen molar-refractivity contribution in [1.82, 2.24) is 0 Å².